The molecule has 2 aromatic carbocycles. The van der Waals surface area contributed by atoms with Crippen molar-refractivity contribution in [2.45, 2.75) is 6.54 Å². The van der Waals surface area contributed by atoms with Crippen LogP contribution in [0.4, 0.5) is 10.1 Å². The van der Waals surface area contributed by atoms with Crippen LogP contribution < -0.4 is 0 Å². The van der Waals surface area contributed by atoms with Crippen molar-refractivity contribution in [2.24, 2.45) is 0 Å². The fraction of sp³-hybridized carbons (Fsp3) is 0.278. The first-order chi connectivity index (χ1) is 12.0. The Morgan fingerprint density at radius 2 is 1.60 bits per heavy atom. The summed E-state index contributed by atoms with van der Waals surface area (Å²) in [7, 11) is 0. The molecule has 130 valence electrons. The molecule has 0 aliphatic carbocycles. The standard InChI is InChI=1S/C18H18FN3O3/c19-16-5-1-14(2-6-16)13-20-9-11-21(12-10-20)18(23)15-3-7-17(8-4-15)22(24)25/h1-8H,9-13H2. The predicted octanol–water partition coefficient (Wildman–Crippen LogP) is 2.69. The minimum absolute atomic E-state index is 0.0272. The summed E-state index contributed by atoms with van der Waals surface area (Å²) in [6, 6.07) is 12.1. The monoisotopic (exact) mass is 343 g/mol. The van der Waals surface area contributed by atoms with Crippen LogP contribution in [0, 0.1) is 15.9 Å². The van der Waals surface area contributed by atoms with Crippen LogP contribution in [0.3, 0.4) is 0 Å². The van der Waals surface area contributed by atoms with E-state index in [9.17, 15) is 19.3 Å². The second-order valence-electron chi connectivity index (χ2n) is 6.00. The third kappa shape index (κ3) is 4.19. The van der Waals surface area contributed by atoms with Crippen molar-refractivity contribution in [3.05, 3.63) is 75.6 Å². The van der Waals surface area contributed by atoms with E-state index in [1.165, 1.54) is 36.4 Å². The highest BCUT2D eigenvalue weighted by Gasteiger charge is 2.22. The number of hydrogen-bond donors (Lipinski definition) is 0. The van der Waals surface area contributed by atoms with Crippen molar-refractivity contribution < 1.29 is 14.1 Å². The molecule has 0 bridgehead atoms. The van der Waals surface area contributed by atoms with Crippen LogP contribution in [0.25, 0.3) is 0 Å². The molecule has 1 saturated heterocycles. The summed E-state index contributed by atoms with van der Waals surface area (Å²) >= 11 is 0. The highest BCUT2D eigenvalue weighted by atomic mass is 19.1. The van der Waals surface area contributed by atoms with E-state index in [4.69, 9.17) is 0 Å². The number of non-ortho nitro benzene ring substituents is 1. The Bertz CT molecular complexity index is 754. The maximum Gasteiger partial charge on any atom is 0.269 e. The first kappa shape index (κ1) is 17.0. The molecule has 1 heterocycles. The molecule has 0 atom stereocenters. The van der Waals surface area contributed by atoms with E-state index in [1.807, 2.05) is 0 Å². The van der Waals surface area contributed by atoms with Gasteiger partial charge in [-0.25, -0.2) is 4.39 Å². The number of nitrogens with zero attached hydrogens (tertiary/aromatic N) is 3. The summed E-state index contributed by atoms with van der Waals surface area (Å²) in [5, 5.41) is 10.7. The van der Waals surface area contributed by atoms with Gasteiger partial charge in [-0.2, -0.15) is 0 Å². The van der Waals surface area contributed by atoms with Crippen molar-refractivity contribution in [3.63, 3.8) is 0 Å². The third-order valence-corrected chi connectivity index (χ3v) is 4.30. The van der Waals surface area contributed by atoms with Gasteiger partial charge < -0.3 is 4.90 Å². The fourth-order valence-corrected chi connectivity index (χ4v) is 2.87. The van der Waals surface area contributed by atoms with Gasteiger partial charge in [0.2, 0.25) is 0 Å². The zero-order chi connectivity index (χ0) is 17.8. The van der Waals surface area contributed by atoms with Crippen LogP contribution in [0.15, 0.2) is 48.5 Å². The average molecular weight is 343 g/mol. The molecular weight excluding hydrogens is 325 g/mol. The maximum atomic E-state index is 12.9. The van der Waals surface area contributed by atoms with E-state index in [0.29, 0.717) is 18.7 Å². The van der Waals surface area contributed by atoms with Gasteiger partial charge in [0, 0.05) is 50.4 Å². The number of rotatable bonds is 4. The van der Waals surface area contributed by atoms with E-state index >= 15 is 0 Å². The number of benzene rings is 2. The van der Waals surface area contributed by atoms with Gasteiger partial charge >= 0.3 is 0 Å². The normalized spacial score (nSPS) is 15.2. The van der Waals surface area contributed by atoms with Crippen molar-refractivity contribution in [3.8, 4) is 0 Å². The molecule has 0 N–H and O–H groups in total. The molecular formula is C18H18FN3O3. The van der Waals surface area contributed by atoms with Gasteiger partial charge in [0.1, 0.15) is 5.82 Å². The van der Waals surface area contributed by atoms with Crippen molar-refractivity contribution in [2.75, 3.05) is 26.2 Å². The number of nitro groups is 1. The van der Waals surface area contributed by atoms with Crippen molar-refractivity contribution in [1.82, 2.24) is 9.80 Å². The highest BCUT2D eigenvalue weighted by Crippen LogP contribution is 2.15. The molecule has 7 heteroatoms. The van der Waals surface area contributed by atoms with Gasteiger partial charge in [-0.05, 0) is 29.8 Å². The van der Waals surface area contributed by atoms with Gasteiger partial charge in [0.25, 0.3) is 11.6 Å². The second kappa shape index (κ2) is 7.40. The van der Waals surface area contributed by atoms with Crippen LogP contribution in [0.1, 0.15) is 15.9 Å². The summed E-state index contributed by atoms with van der Waals surface area (Å²) in [5.41, 5.74) is 1.47. The van der Waals surface area contributed by atoms with Gasteiger partial charge in [-0.3, -0.25) is 19.8 Å². The number of halogens is 1. The lowest BCUT2D eigenvalue weighted by molar-refractivity contribution is -0.384. The SMILES string of the molecule is O=C(c1ccc([N+](=O)[O-])cc1)N1CCN(Cc2ccc(F)cc2)CC1. The number of hydrogen-bond acceptors (Lipinski definition) is 4. The Morgan fingerprint density at radius 1 is 1.00 bits per heavy atom. The van der Waals surface area contributed by atoms with Gasteiger partial charge in [-0.1, -0.05) is 12.1 Å². The van der Waals surface area contributed by atoms with Crippen molar-refractivity contribution >= 4 is 11.6 Å². The van der Waals surface area contributed by atoms with E-state index < -0.39 is 4.92 Å². The summed E-state index contributed by atoms with van der Waals surface area (Å²) in [5.74, 6) is -0.362. The van der Waals surface area contributed by atoms with E-state index in [2.05, 4.69) is 4.90 Å². The zero-order valence-corrected chi connectivity index (χ0v) is 13.6. The Kier molecular flexibility index (Phi) is 5.04. The Morgan fingerprint density at radius 3 is 2.16 bits per heavy atom. The first-order valence-electron chi connectivity index (χ1n) is 8.03. The van der Waals surface area contributed by atoms with Crippen LogP contribution in [-0.4, -0.2) is 46.8 Å². The van der Waals surface area contributed by atoms with Crippen LogP contribution >= 0.6 is 0 Å². The van der Waals surface area contributed by atoms with Gasteiger partial charge in [0.15, 0.2) is 0 Å². The Hall–Kier alpha value is -2.80. The minimum Gasteiger partial charge on any atom is -0.336 e. The second-order valence-corrected chi connectivity index (χ2v) is 6.00. The van der Waals surface area contributed by atoms with E-state index in [0.717, 1.165) is 25.2 Å². The summed E-state index contributed by atoms with van der Waals surface area (Å²) in [6.45, 7) is 3.38. The molecule has 0 aromatic heterocycles. The van der Waals surface area contributed by atoms with Crippen LogP contribution in [0.5, 0.6) is 0 Å². The molecule has 25 heavy (non-hydrogen) atoms. The summed E-state index contributed by atoms with van der Waals surface area (Å²) in [4.78, 5) is 26.6. The van der Waals surface area contributed by atoms with Gasteiger partial charge in [0.05, 0.1) is 4.92 Å². The maximum absolute atomic E-state index is 12.9. The topological polar surface area (TPSA) is 66.7 Å². The number of carbonyl (C=O) groups is 1. The lowest BCUT2D eigenvalue weighted by atomic mass is 10.1. The average Bonchev–Trinajstić information content (AvgIpc) is 2.64. The highest BCUT2D eigenvalue weighted by molar-refractivity contribution is 5.94. The number of carbonyl (C=O) groups excluding carboxylic acids is 1. The smallest absolute Gasteiger partial charge is 0.269 e. The largest absolute Gasteiger partial charge is 0.336 e. The Labute approximate surface area is 144 Å². The lowest BCUT2D eigenvalue weighted by Crippen LogP contribution is -2.48. The van der Waals surface area contributed by atoms with E-state index in [-0.39, 0.29) is 17.4 Å². The van der Waals surface area contributed by atoms with Gasteiger partial charge in [-0.15, -0.1) is 0 Å². The molecule has 0 spiro atoms. The number of amides is 1. The number of nitro benzene ring substituents is 1. The minimum atomic E-state index is -0.484. The first-order valence-corrected chi connectivity index (χ1v) is 8.03. The molecule has 0 unspecified atom stereocenters. The van der Waals surface area contributed by atoms with Crippen LogP contribution in [-0.2, 0) is 6.54 Å². The fourth-order valence-electron chi connectivity index (χ4n) is 2.87. The predicted molar refractivity (Wildman–Crippen MR) is 90.7 cm³/mol. The summed E-state index contributed by atoms with van der Waals surface area (Å²) in [6.07, 6.45) is 0. The molecule has 0 radical (unpaired) electrons. The quantitative estimate of drug-likeness (QED) is 0.632. The summed E-state index contributed by atoms with van der Waals surface area (Å²) < 4.78 is 12.9. The van der Waals surface area contributed by atoms with Crippen molar-refractivity contribution in [1.29, 1.82) is 0 Å². The molecule has 1 amide bonds. The van der Waals surface area contributed by atoms with E-state index in [1.54, 1.807) is 17.0 Å². The third-order valence-electron chi connectivity index (χ3n) is 4.30. The zero-order valence-electron chi connectivity index (χ0n) is 13.6. The molecule has 1 fully saturated rings. The molecule has 0 saturated carbocycles. The molecule has 2 aromatic rings. The van der Waals surface area contributed by atoms with Crippen LogP contribution in [0.2, 0.25) is 0 Å². The number of piperazine rings is 1. The Balaban J connectivity index is 1.55. The lowest BCUT2D eigenvalue weighted by Gasteiger charge is -2.34. The molecule has 1 aliphatic heterocycles. The molecule has 3 rings (SSSR count). The molecule has 6 nitrogen and oxygen atoms in total. The molecule has 1 aliphatic rings.